The largest absolute Gasteiger partial charge is 0.347 e. The monoisotopic (exact) mass is 288 g/mol. The van der Waals surface area contributed by atoms with E-state index in [1.54, 1.807) is 6.92 Å². The van der Waals surface area contributed by atoms with Crippen LogP contribution in [0.25, 0.3) is 0 Å². The lowest BCUT2D eigenvalue weighted by molar-refractivity contribution is 0.0777. The molecule has 6 heteroatoms. The van der Waals surface area contributed by atoms with Crippen molar-refractivity contribution in [2.45, 2.75) is 26.2 Å². The molecule has 0 bridgehead atoms. The lowest BCUT2D eigenvalue weighted by Gasteiger charge is -2.16. The molecule has 1 atom stereocenters. The predicted octanol–water partition coefficient (Wildman–Crippen LogP) is 1.81. The first-order chi connectivity index (χ1) is 10.1. The second-order valence-electron chi connectivity index (χ2n) is 5.68. The van der Waals surface area contributed by atoms with Crippen molar-refractivity contribution in [3.05, 3.63) is 35.7 Å². The van der Waals surface area contributed by atoms with E-state index in [1.807, 2.05) is 34.8 Å². The van der Waals surface area contributed by atoms with Crippen LogP contribution in [-0.2, 0) is 13.5 Å². The summed E-state index contributed by atoms with van der Waals surface area (Å²) in [5.41, 5.74) is 0.754. The van der Waals surface area contributed by atoms with Gasteiger partial charge in [0.15, 0.2) is 5.82 Å². The first-order valence-electron chi connectivity index (χ1n) is 7.33. The van der Waals surface area contributed by atoms with Crippen molar-refractivity contribution in [3.63, 3.8) is 0 Å². The molecule has 6 nitrogen and oxygen atoms in total. The van der Waals surface area contributed by atoms with Gasteiger partial charge in [0, 0.05) is 39.7 Å². The van der Waals surface area contributed by atoms with Crippen LogP contribution >= 0.6 is 0 Å². The molecule has 0 saturated carbocycles. The van der Waals surface area contributed by atoms with Crippen molar-refractivity contribution in [2.75, 3.05) is 13.1 Å². The summed E-state index contributed by atoms with van der Waals surface area (Å²) in [6, 6.07) is 3.77. The number of likely N-dealkylation sites (tertiary alicyclic amines) is 1. The van der Waals surface area contributed by atoms with Crippen LogP contribution in [0.4, 0.5) is 0 Å². The van der Waals surface area contributed by atoms with Crippen LogP contribution in [0.1, 0.15) is 35.0 Å². The zero-order chi connectivity index (χ0) is 14.8. The summed E-state index contributed by atoms with van der Waals surface area (Å²) < 4.78 is 6.85. The molecule has 112 valence electrons. The molecule has 2 aromatic heterocycles. The van der Waals surface area contributed by atoms with Gasteiger partial charge in [-0.25, -0.2) is 0 Å². The van der Waals surface area contributed by atoms with Crippen molar-refractivity contribution in [1.29, 1.82) is 0 Å². The molecule has 3 rings (SSSR count). The van der Waals surface area contributed by atoms with E-state index in [9.17, 15) is 4.79 Å². The van der Waals surface area contributed by atoms with E-state index in [0.29, 0.717) is 11.8 Å². The number of hydrogen-bond acceptors (Lipinski definition) is 4. The van der Waals surface area contributed by atoms with Gasteiger partial charge in [-0.3, -0.25) is 4.79 Å². The number of carbonyl (C=O) groups is 1. The van der Waals surface area contributed by atoms with Gasteiger partial charge in [0.2, 0.25) is 5.89 Å². The van der Waals surface area contributed by atoms with Gasteiger partial charge in [0.25, 0.3) is 5.91 Å². The minimum absolute atomic E-state index is 0.125. The Morgan fingerprint density at radius 2 is 2.38 bits per heavy atom. The second kappa shape index (κ2) is 5.71. The fourth-order valence-corrected chi connectivity index (χ4v) is 2.87. The molecule has 1 aliphatic heterocycles. The van der Waals surface area contributed by atoms with E-state index in [2.05, 4.69) is 10.1 Å². The Hall–Kier alpha value is -2.11. The van der Waals surface area contributed by atoms with Gasteiger partial charge in [-0.15, -0.1) is 0 Å². The minimum Gasteiger partial charge on any atom is -0.347 e. The number of rotatable bonds is 4. The Labute approximate surface area is 123 Å². The molecule has 21 heavy (non-hydrogen) atoms. The first kappa shape index (κ1) is 13.9. The molecule has 2 aromatic rings. The number of carbonyl (C=O) groups excluding carboxylic acids is 1. The van der Waals surface area contributed by atoms with Crippen molar-refractivity contribution in [2.24, 2.45) is 13.0 Å². The number of hydrogen-bond donors (Lipinski definition) is 0. The fourth-order valence-electron chi connectivity index (χ4n) is 2.87. The number of aryl methyl sites for hydroxylation is 3. The molecule has 3 heterocycles. The Morgan fingerprint density at radius 1 is 1.52 bits per heavy atom. The maximum atomic E-state index is 12.4. The van der Waals surface area contributed by atoms with Crippen molar-refractivity contribution in [1.82, 2.24) is 19.6 Å². The SMILES string of the molecule is Cc1nc(CCC2CCN(C(=O)c3cccn3C)C2)no1. The predicted molar refractivity (Wildman–Crippen MR) is 76.8 cm³/mol. The van der Waals surface area contributed by atoms with Gasteiger partial charge in [-0.05, 0) is 30.9 Å². The summed E-state index contributed by atoms with van der Waals surface area (Å²) in [4.78, 5) is 18.6. The molecular formula is C15H20N4O2. The van der Waals surface area contributed by atoms with Gasteiger partial charge >= 0.3 is 0 Å². The van der Waals surface area contributed by atoms with E-state index in [4.69, 9.17) is 4.52 Å². The summed E-state index contributed by atoms with van der Waals surface area (Å²) in [7, 11) is 1.90. The third-order valence-electron chi connectivity index (χ3n) is 4.08. The molecular weight excluding hydrogens is 268 g/mol. The van der Waals surface area contributed by atoms with Crippen LogP contribution in [0.3, 0.4) is 0 Å². The van der Waals surface area contributed by atoms with Gasteiger partial charge in [-0.1, -0.05) is 5.16 Å². The van der Waals surface area contributed by atoms with Crippen LogP contribution in [0.5, 0.6) is 0 Å². The first-order valence-corrected chi connectivity index (χ1v) is 7.33. The minimum atomic E-state index is 0.125. The number of aromatic nitrogens is 3. The van der Waals surface area contributed by atoms with Crippen LogP contribution in [0.15, 0.2) is 22.9 Å². The van der Waals surface area contributed by atoms with Crippen LogP contribution in [0, 0.1) is 12.8 Å². The van der Waals surface area contributed by atoms with Gasteiger partial charge < -0.3 is 14.0 Å². The third-order valence-corrected chi connectivity index (χ3v) is 4.08. The molecule has 0 aliphatic carbocycles. The van der Waals surface area contributed by atoms with Gasteiger partial charge in [0.1, 0.15) is 5.69 Å². The topological polar surface area (TPSA) is 64.2 Å². The smallest absolute Gasteiger partial charge is 0.270 e. The third kappa shape index (κ3) is 2.99. The molecule has 1 unspecified atom stereocenters. The van der Waals surface area contributed by atoms with Crippen LogP contribution in [0.2, 0.25) is 0 Å². The molecule has 0 spiro atoms. The maximum Gasteiger partial charge on any atom is 0.270 e. The quantitative estimate of drug-likeness (QED) is 0.860. The Balaban J connectivity index is 1.53. The van der Waals surface area contributed by atoms with Crippen LogP contribution < -0.4 is 0 Å². The summed E-state index contributed by atoms with van der Waals surface area (Å²) in [6.07, 6.45) is 4.76. The highest BCUT2D eigenvalue weighted by atomic mass is 16.5. The van der Waals surface area contributed by atoms with Crippen molar-refractivity contribution < 1.29 is 9.32 Å². The fraction of sp³-hybridized carbons (Fsp3) is 0.533. The van der Waals surface area contributed by atoms with E-state index in [-0.39, 0.29) is 5.91 Å². The van der Waals surface area contributed by atoms with E-state index in [0.717, 1.165) is 43.9 Å². The maximum absolute atomic E-state index is 12.4. The lowest BCUT2D eigenvalue weighted by atomic mass is 10.0. The van der Waals surface area contributed by atoms with E-state index in [1.165, 1.54) is 0 Å². The van der Waals surface area contributed by atoms with Crippen LogP contribution in [-0.4, -0.2) is 38.6 Å². The Bertz CT molecular complexity index is 631. The zero-order valence-electron chi connectivity index (χ0n) is 12.5. The summed E-state index contributed by atoms with van der Waals surface area (Å²) in [6.45, 7) is 3.45. The van der Waals surface area contributed by atoms with Gasteiger partial charge in [-0.2, -0.15) is 4.98 Å². The van der Waals surface area contributed by atoms with Gasteiger partial charge in [0.05, 0.1) is 0 Å². The molecule has 1 aliphatic rings. The standard InChI is InChI=1S/C15H20N4O2/c1-11-16-14(17-21-11)6-5-12-7-9-19(10-12)15(20)13-4-3-8-18(13)2/h3-4,8,12H,5-7,9-10H2,1-2H3. The highest BCUT2D eigenvalue weighted by Gasteiger charge is 2.27. The molecule has 1 fully saturated rings. The normalized spacial score (nSPS) is 18.4. The van der Waals surface area contributed by atoms with E-state index >= 15 is 0 Å². The van der Waals surface area contributed by atoms with Crippen molar-refractivity contribution in [3.8, 4) is 0 Å². The highest BCUT2D eigenvalue weighted by molar-refractivity contribution is 5.92. The second-order valence-corrected chi connectivity index (χ2v) is 5.68. The summed E-state index contributed by atoms with van der Waals surface area (Å²) >= 11 is 0. The Morgan fingerprint density at radius 3 is 3.05 bits per heavy atom. The molecule has 0 aromatic carbocycles. The number of amides is 1. The molecule has 1 amide bonds. The highest BCUT2D eigenvalue weighted by Crippen LogP contribution is 2.22. The number of nitrogens with zero attached hydrogens (tertiary/aromatic N) is 4. The molecule has 0 N–H and O–H groups in total. The molecule has 1 saturated heterocycles. The molecule has 0 radical (unpaired) electrons. The summed E-state index contributed by atoms with van der Waals surface area (Å²) in [5, 5.41) is 3.91. The lowest BCUT2D eigenvalue weighted by Crippen LogP contribution is -2.30. The Kier molecular flexibility index (Phi) is 3.77. The summed E-state index contributed by atoms with van der Waals surface area (Å²) in [5.74, 6) is 2.02. The van der Waals surface area contributed by atoms with E-state index < -0.39 is 0 Å². The average molecular weight is 288 g/mol. The van der Waals surface area contributed by atoms with Crippen molar-refractivity contribution >= 4 is 5.91 Å². The zero-order valence-corrected chi connectivity index (χ0v) is 12.5. The average Bonchev–Trinajstić information content (AvgIpc) is 3.17.